The van der Waals surface area contributed by atoms with Crippen LogP contribution in [0.2, 0.25) is 0 Å². The van der Waals surface area contributed by atoms with E-state index < -0.39 is 0 Å². The largest absolute Gasteiger partial charge is 0.272 e. The number of carbonyl (C=O) groups is 1. The summed E-state index contributed by atoms with van der Waals surface area (Å²) in [6.45, 7) is 7.43. The first kappa shape index (κ1) is 11.9. The Balaban J connectivity index is 3.73. The molecule has 0 saturated heterocycles. The minimum absolute atomic E-state index is 0.0429. The van der Waals surface area contributed by atoms with Crippen LogP contribution in [0.25, 0.3) is 0 Å². The molecular weight excluding hydrogens is 173 g/mol. The van der Waals surface area contributed by atoms with E-state index in [1.165, 1.54) is 0 Å². The molecular formula is C8H18NO2P. The summed E-state index contributed by atoms with van der Waals surface area (Å²) in [6.07, 6.45) is 0.853. The zero-order valence-corrected chi connectivity index (χ0v) is 9.33. The van der Waals surface area contributed by atoms with E-state index in [9.17, 15) is 4.79 Å². The molecule has 2 unspecified atom stereocenters. The summed E-state index contributed by atoms with van der Waals surface area (Å²) < 4.78 is 0. The number of hydroxylamine groups is 1. The third kappa shape index (κ3) is 4.68. The number of carbonyl (C=O) groups excluding carboxylic acids is 1. The predicted molar refractivity (Wildman–Crippen MR) is 52.7 cm³/mol. The molecule has 2 atom stereocenters. The summed E-state index contributed by atoms with van der Waals surface area (Å²) in [4.78, 5) is 16.3. The van der Waals surface area contributed by atoms with Gasteiger partial charge in [0.1, 0.15) is 0 Å². The zero-order chi connectivity index (χ0) is 9.78. The second-order valence-corrected chi connectivity index (χ2v) is 4.32. The first-order valence-electron chi connectivity index (χ1n) is 4.04. The van der Waals surface area contributed by atoms with E-state index in [1.807, 2.05) is 27.7 Å². The smallest absolute Gasteiger partial charge is 0.248 e. The predicted octanol–water partition coefficient (Wildman–Crippen LogP) is 1.34. The Morgan fingerprint density at radius 3 is 2.42 bits per heavy atom. The molecule has 72 valence electrons. The van der Waals surface area contributed by atoms with Crippen LogP contribution in [-0.4, -0.2) is 18.2 Å². The van der Waals surface area contributed by atoms with Gasteiger partial charge in [0, 0.05) is 5.41 Å². The van der Waals surface area contributed by atoms with Crippen LogP contribution < -0.4 is 5.48 Å². The number of amides is 1. The highest BCUT2D eigenvalue weighted by molar-refractivity contribution is 7.16. The molecule has 0 aliphatic rings. The lowest BCUT2D eigenvalue weighted by Gasteiger charge is -2.19. The van der Waals surface area contributed by atoms with Gasteiger partial charge < -0.3 is 0 Å². The van der Waals surface area contributed by atoms with Crippen molar-refractivity contribution in [1.29, 1.82) is 0 Å². The van der Waals surface area contributed by atoms with Gasteiger partial charge in [0.25, 0.3) is 0 Å². The molecule has 4 heteroatoms. The third-order valence-corrected chi connectivity index (χ3v) is 2.03. The van der Waals surface area contributed by atoms with Crippen molar-refractivity contribution in [2.24, 2.45) is 5.41 Å². The van der Waals surface area contributed by atoms with Gasteiger partial charge in [0.2, 0.25) is 5.91 Å². The molecule has 0 aromatic heterocycles. The van der Waals surface area contributed by atoms with Crippen LogP contribution in [0.3, 0.4) is 0 Å². The molecule has 0 aliphatic heterocycles. The van der Waals surface area contributed by atoms with Gasteiger partial charge in [0.15, 0.2) is 0 Å². The summed E-state index contributed by atoms with van der Waals surface area (Å²) in [5, 5.41) is 0. The molecule has 1 amide bonds. The number of hydrogen-bond acceptors (Lipinski definition) is 2. The Morgan fingerprint density at radius 2 is 2.08 bits per heavy atom. The highest BCUT2D eigenvalue weighted by Crippen LogP contribution is 2.12. The molecule has 0 aliphatic carbocycles. The molecule has 0 heterocycles. The molecule has 3 nitrogen and oxygen atoms in total. The lowest BCUT2D eigenvalue weighted by molar-refractivity contribution is -0.144. The van der Waals surface area contributed by atoms with Gasteiger partial charge in [-0.2, -0.15) is 0 Å². The van der Waals surface area contributed by atoms with Crippen molar-refractivity contribution in [2.75, 3.05) is 6.16 Å². The summed E-state index contributed by atoms with van der Waals surface area (Å²) in [7, 11) is 2.56. The lowest BCUT2D eigenvalue weighted by Crippen LogP contribution is -2.37. The second kappa shape index (κ2) is 4.78. The van der Waals surface area contributed by atoms with Gasteiger partial charge in [-0.15, -0.1) is 9.24 Å². The molecule has 0 bridgehead atoms. The molecule has 0 radical (unpaired) electrons. The Hall–Kier alpha value is -0.140. The fraction of sp³-hybridized carbons (Fsp3) is 0.875. The average Bonchev–Trinajstić information content (AvgIpc) is 1.97. The van der Waals surface area contributed by atoms with E-state index in [1.54, 1.807) is 0 Å². The molecule has 0 fully saturated rings. The van der Waals surface area contributed by atoms with Crippen LogP contribution in [0, 0.1) is 5.41 Å². The average molecular weight is 191 g/mol. The first-order valence-corrected chi connectivity index (χ1v) is 4.85. The normalized spacial score (nSPS) is 14.1. The van der Waals surface area contributed by atoms with Crippen molar-refractivity contribution in [1.82, 2.24) is 5.48 Å². The molecule has 1 N–H and O–H groups in total. The molecule has 0 spiro atoms. The van der Waals surface area contributed by atoms with E-state index in [4.69, 9.17) is 4.84 Å². The van der Waals surface area contributed by atoms with E-state index >= 15 is 0 Å². The van der Waals surface area contributed by atoms with Gasteiger partial charge in [-0.05, 0) is 13.1 Å². The van der Waals surface area contributed by atoms with Gasteiger partial charge in [-0.3, -0.25) is 9.63 Å². The second-order valence-electron chi connectivity index (χ2n) is 3.85. The number of rotatable bonds is 3. The summed E-state index contributed by atoms with van der Waals surface area (Å²) >= 11 is 0. The standard InChI is InChI=1S/C8H18NO2P/c1-6(5-12)11-9-7(10)8(2,3)4/h6H,5,12H2,1-4H3,(H,9,10). The minimum Gasteiger partial charge on any atom is -0.272 e. The Bertz CT molecular complexity index is 154. The maximum atomic E-state index is 11.2. The van der Waals surface area contributed by atoms with Crippen molar-refractivity contribution >= 4 is 15.1 Å². The molecule has 0 saturated carbocycles. The van der Waals surface area contributed by atoms with Gasteiger partial charge in [0.05, 0.1) is 6.10 Å². The van der Waals surface area contributed by atoms with Crippen molar-refractivity contribution in [3.8, 4) is 0 Å². The quantitative estimate of drug-likeness (QED) is 0.540. The summed E-state index contributed by atoms with van der Waals surface area (Å²) in [5.41, 5.74) is 2.03. The van der Waals surface area contributed by atoms with Crippen LogP contribution in [-0.2, 0) is 9.63 Å². The summed E-state index contributed by atoms with van der Waals surface area (Å²) in [6, 6.07) is 0. The molecule has 12 heavy (non-hydrogen) atoms. The van der Waals surface area contributed by atoms with Crippen LogP contribution in [0.15, 0.2) is 0 Å². The van der Waals surface area contributed by atoms with Gasteiger partial charge in [-0.1, -0.05) is 20.8 Å². The Labute approximate surface area is 76.4 Å². The topological polar surface area (TPSA) is 38.3 Å². The third-order valence-electron chi connectivity index (χ3n) is 1.37. The maximum absolute atomic E-state index is 11.2. The van der Waals surface area contributed by atoms with Crippen LogP contribution in [0.1, 0.15) is 27.7 Å². The zero-order valence-electron chi connectivity index (χ0n) is 8.18. The fourth-order valence-corrected chi connectivity index (χ4v) is 0.452. The van der Waals surface area contributed by atoms with Crippen molar-refractivity contribution in [2.45, 2.75) is 33.8 Å². The maximum Gasteiger partial charge on any atom is 0.248 e. The number of nitrogens with one attached hydrogen (secondary N) is 1. The molecule has 0 aromatic carbocycles. The number of hydrogen-bond donors (Lipinski definition) is 1. The van der Waals surface area contributed by atoms with Gasteiger partial charge >= 0.3 is 0 Å². The lowest BCUT2D eigenvalue weighted by atomic mass is 9.96. The summed E-state index contributed by atoms with van der Waals surface area (Å²) in [5.74, 6) is -0.0900. The SMILES string of the molecule is CC(CP)ONC(=O)C(C)(C)C. The van der Waals surface area contributed by atoms with E-state index in [0.717, 1.165) is 6.16 Å². The fourth-order valence-electron chi connectivity index (χ4n) is 0.355. The van der Waals surface area contributed by atoms with Crippen LogP contribution in [0.5, 0.6) is 0 Å². The first-order chi connectivity index (χ1) is 5.38. The highest BCUT2D eigenvalue weighted by Gasteiger charge is 2.21. The monoisotopic (exact) mass is 191 g/mol. The van der Waals surface area contributed by atoms with Gasteiger partial charge in [-0.25, -0.2) is 5.48 Å². The Morgan fingerprint density at radius 1 is 1.58 bits per heavy atom. The Kier molecular flexibility index (Phi) is 4.73. The van der Waals surface area contributed by atoms with Crippen molar-refractivity contribution < 1.29 is 9.63 Å². The highest BCUT2D eigenvalue weighted by atomic mass is 31.0. The van der Waals surface area contributed by atoms with E-state index in [0.29, 0.717) is 0 Å². The van der Waals surface area contributed by atoms with E-state index in [-0.39, 0.29) is 17.4 Å². The van der Waals surface area contributed by atoms with Crippen molar-refractivity contribution in [3.05, 3.63) is 0 Å². The molecule has 0 rings (SSSR count). The van der Waals surface area contributed by atoms with Crippen LogP contribution >= 0.6 is 9.24 Å². The van der Waals surface area contributed by atoms with Crippen LogP contribution in [0.4, 0.5) is 0 Å². The molecule has 0 aromatic rings. The minimum atomic E-state index is -0.388. The van der Waals surface area contributed by atoms with Crippen molar-refractivity contribution in [3.63, 3.8) is 0 Å². The van der Waals surface area contributed by atoms with E-state index in [2.05, 4.69) is 14.7 Å².